The van der Waals surface area contributed by atoms with Gasteiger partial charge in [0.25, 0.3) is 5.91 Å². The molecule has 6 nitrogen and oxygen atoms in total. The van der Waals surface area contributed by atoms with E-state index in [1.54, 1.807) is 21.1 Å². The lowest BCUT2D eigenvalue weighted by Gasteiger charge is -2.24. The summed E-state index contributed by atoms with van der Waals surface area (Å²) in [5.74, 6) is -0.660. The number of primary amides is 1. The molecule has 0 bridgehead atoms. The summed E-state index contributed by atoms with van der Waals surface area (Å²) < 4.78 is 0.162. The molecule has 0 fully saturated rings. The van der Waals surface area contributed by atoms with Gasteiger partial charge in [0.2, 0.25) is 5.69 Å². The van der Waals surface area contributed by atoms with E-state index in [9.17, 15) is 14.9 Å². The monoisotopic (exact) mass is 224 g/mol. The predicted octanol–water partition coefficient (Wildman–Crippen LogP) is 0.890. The third-order valence-corrected chi connectivity index (χ3v) is 2.15. The molecule has 0 aromatic heterocycles. The first-order valence-electron chi connectivity index (χ1n) is 4.64. The van der Waals surface area contributed by atoms with E-state index in [0.717, 1.165) is 0 Å². The Labute approximate surface area is 93.0 Å². The lowest BCUT2D eigenvalue weighted by atomic mass is 10.1. The van der Waals surface area contributed by atoms with Crippen LogP contribution in [0.2, 0.25) is 0 Å². The van der Waals surface area contributed by atoms with Crippen LogP contribution in [0, 0.1) is 10.1 Å². The van der Waals surface area contributed by atoms with Gasteiger partial charge in [-0.1, -0.05) is 6.07 Å². The fourth-order valence-corrected chi connectivity index (χ4v) is 1.58. The first-order valence-corrected chi connectivity index (χ1v) is 4.64. The Hall–Kier alpha value is -1.95. The van der Waals surface area contributed by atoms with Crippen LogP contribution < -0.4 is 10.2 Å². The first kappa shape index (κ1) is 12.1. The highest BCUT2D eigenvalue weighted by Crippen LogP contribution is 2.33. The van der Waals surface area contributed by atoms with Gasteiger partial charge < -0.3 is 5.73 Å². The third kappa shape index (κ3) is 2.17. The number of amides is 1. The van der Waals surface area contributed by atoms with Crippen LogP contribution in [0.5, 0.6) is 0 Å². The number of hydrogen-bond acceptors (Lipinski definition) is 3. The molecule has 2 N–H and O–H groups in total. The molecule has 0 atom stereocenters. The molecule has 0 saturated carbocycles. The molecule has 0 unspecified atom stereocenters. The second kappa shape index (κ2) is 3.90. The van der Waals surface area contributed by atoms with E-state index in [-0.39, 0.29) is 15.7 Å². The molecule has 0 spiro atoms. The highest BCUT2D eigenvalue weighted by molar-refractivity contribution is 6.00. The number of carbonyl (C=O) groups excluding carboxylic acids is 1. The molecule has 0 aliphatic rings. The zero-order valence-corrected chi connectivity index (χ0v) is 9.43. The number of hydrogen-bond donors (Lipinski definition) is 1. The summed E-state index contributed by atoms with van der Waals surface area (Å²) >= 11 is 0. The average molecular weight is 224 g/mol. The summed E-state index contributed by atoms with van der Waals surface area (Å²) in [7, 11) is 5.23. The summed E-state index contributed by atoms with van der Waals surface area (Å²) in [5, 5.41) is 10.9. The predicted molar refractivity (Wildman–Crippen MR) is 61.2 cm³/mol. The summed E-state index contributed by atoms with van der Waals surface area (Å²) in [6, 6.07) is 4.32. The van der Waals surface area contributed by atoms with Crippen LogP contribution >= 0.6 is 0 Å². The van der Waals surface area contributed by atoms with Crippen molar-refractivity contribution in [1.82, 2.24) is 4.48 Å². The molecule has 1 amide bonds. The summed E-state index contributed by atoms with van der Waals surface area (Å²) in [4.78, 5) is 21.6. The van der Waals surface area contributed by atoms with E-state index in [0.29, 0.717) is 5.69 Å². The van der Waals surface area contributed by atoms with Gasteiger partial charge in [0.1, 0.15) is 5.56 Å². The van der Waals surface area contributed by atoms with Gasteiger partial charge in [-0.05, 0) is 6.07 Å². The lowest BCUT2D eigenvalue weighted by Crippen LogP contribution is -2.37. The molecule has 1 rings (SSSR count). The van der Waals surface area contributed by atoms with Gasteiger partial charge in [0.05, 0.1) is 26.1 Å². The van der Waals surface area contributed by atoms with Crippen LogP contribution in [-0.2, 0) is 0 Å². The minimum atomic E-state index is -0.660. The Morgan fingerprint density at radius 1 is 1.38 bits per heavy atom. The fraction of sp³-hybridized carbons (Fsp3) is 0.300. The van der Waals surface area contributed by atoms with E-state index < -0.39 is 10.8 Å². The largest absolute Gasteiger partial charge is 0.365 e. The Morgan fingerprint density at radius 3 is 2.31 bits per heavy atom. The minimum Gasteiger partial charge on any atom is -0.365 e. The Kier molecular flexibility index (Phi) is 2.95. The van der Waals surface area contributed by atoms with Crippen molar-refractivity contribution in [1.29, 1.82) is 0 Å². The quantitative estimate of drug-likeness (QED) is 0.470. The molecule has 86 valence electrons. The first-order chi connectivity index (χ1) is 7.25. The van der Waals surface area contributed by atoms with Gasteiger partial charge in [-0.3, -0.25) is 19.4 Å². The molecule has 16 heavy (non-hydrogen) atoms. The van der Waals surface area contributed by atoms with Crippen molar-refractivity contribution >= 4 is 17.3 Å². The number of rotatable bonds is 3. The van der Waals surface area contributed by atoms with Gasteiger partial charge >= 0.3 is 5.69 Å². The summed E-state index contributed by atoms with van der Waals surface area (Å²) in [5.41, 5.74) is 5.62. The fourth-order valence-electron chi connectivity index (χ4n) is 1.58. The zero-order chi connectivity index (χ0) is 12.5. The van der Waals surface area contributed by atoms with Crippen molar-refractivity contribution in [2.75, 3.05) is 21.1 Å². The number of quaternary nitrogens is 1. The number of nitrogens with zero attached hydrogens (tertiary/aromatic N) is 2. The molecule has 0 saturated heterocycles. The SMILES string of the molecule is C[N+](C)(C)c1c(C(N)=O)cccc1[N+](=O)[O-]. The maximum atomic E-state index is 11.2. The molecular formula is C10H14N3O3+. The second-order valence-corrected chi connectivity index (χ2v) is 4.31. The number of nitro benzene ring substituents is 1. The number of nitro groups is 1. The van der Waals surface area contributed by atoms with Crippen LogP contribution in [0.1, 0.15) is 10.4 Å². The highest BCUT2D eigenvalue weighted by Gasteiger charge is 2.31. The highest BCUT2D eigenvalue weighted by atomic mass is 16.6. The molecule has 0 radical (unpaired) electrons. The summed E-state index contributed by atoms with van der Waals surface area (Å²) in [6.45, 7) is 0. The topological polar surface area (TPSA) is 86.2 Å². The van der Waals surface area contributed by atoms with Crippen molar-refractivity contribution in [3.05, 3.63) is 33.9 Å². The Balaban J connectivity index is 3.60. The number of benzene rings is 1. The van der Waals surface area contributed by atoms with Crippen molar-refractivity contribution in [2.24, 2.45) is 5.73 Å². The van der Waals surface area contributed by atoms with Crippen molar-refractivity contribution in [2.45, 2.75) is 0 Å². The molecule has 6 heteroatoms. The van der Waals surface area contributed by atoms with Crippen molar-refractivity contribution < 1.29 is 9.72 Å². The average Bonchev–Trinajstić information content (AvgIpc) is 2.15. The van der Waals surface area contributed by atoms with Gasteiger partial charge in [-0.15, -0.1) is 0 Å². The second-order valence-electron chi connectivity index (χ2n) is 4.31. The Morgan fingerprint density at radius 2 is 1.94 bits per heavy atom. The maximum Gasteiger partial charge on any atom is 0.330 e. The number of nitrogens with two attached hydrogens (primary N) is 1. The van der Waals surface area contributed by atoms with Crippen LogP contribution in [0.15, 0.2) is 18.2 Å². The van der Waals surface area contributed by atoms with Crippen molar-refractivity contribution in [3.8, 4) is 0 Å². The van der Waals surface area contributed by atoms with E-state index in [2.05, 4.69) is 0 Å². The van der Waals surface area contributed by atoms with E-state index >= 15 is 0 Å². The molecule has 0 aliphatic heterocycles. The minimum absolute atomic E-state index is 0.0937. The zero-order valence-electron chi connectivity index (χ0n) is 9.43. The molecule has 1 aromatic rings. The smallest absolute Gasteiger partial charge is 0.330 e. The van der Waals surface area contributed by atoms with E-state index in [4.69, 9.17) is 5.73 Å². The van der Waals surface area contributed by atoms with Gasteiger partial charge in [0, 0.05) is 6.07 Å². The van der Waals surface area contributed by atoms with Crippen LogP contribution in [0.3, 0.4) is 0 Å². The van der Waals surface area contributed by atoms with E-state index in [1.807, 2.05) is 0 Å². The van der Waals surface area contributed by atoms with Gasteiger partial charge in [-0.2, -0.15) is 0 Å². The van der Waals surface area contributed by atoms with Gasteiger partial charge in [0.15, 0.2) is 0 Å². The summed E-state index contributed by atoms with van der Waals surface area (Å²) in [6.07, 6.45) is 0. The van der Waals surface area contributed by atoms with Crippen molar-refractivity contribution in [3.63, 3.8) is 0 Å². The normalized spacial score (nSPS) is 11.2. The molecule has 1 aromatic carbocycles. The maximum absolute atomic E-state index is 11.2. The lowest BCUT2D eigenvalue weighted by molar-refractivity contribution is -0.384. The van der Waals surface area contributed by atoms with Crippen LogP contribution in [0.4, 0.5) is 11.4 Å². The standard InChI is InChI=1S/C10H13N3O3/c1-13(2,3)9-7(10(11)14)5-4-6-8(9)12(15)16/h4-6H,1-3H3,(H-,11,14)/p+1. The van der Waals surface area contributed by atoms with Crippen LogP contribution in [-0.4, -0.2) is 32.0 Å². The number of para-hydroxylation sites is 1. The third-order valence-electron chi connectivity index (χ3n) is 2.15. The van der Waals surface area contributed by atoms with Gasteiger partial charge in [-0.25, -0.2) is 0 Å². The number of carbonyl (C=O) groups is 1. The molecule has 0 heterocycles. The molecule has 0 aliphatic carbocycles. The molecular weight excluding hydrogens is 210 g/mol. The van der Waals surface area contributed by atoms with E-state index in [1.165, 1.54) is 18.2 Å². The Bertz CT molecular complexity index is 417. The van der Waals surface area contributed by atoms with Crippen LogP contribution in [0.25, 0.3) is 0 Å².